The average Bonchev–Trinajstić information content (AvgIpc) is 2.78. The smallest absolute Gasteiger partial charge is 0.428 e. The van der Waals surface area contributed by atoms with Crippen molar-refractivity contribution < 1.29 is 23.6 Å². The molecule has 2 amide bonds. The predicted octanol–water partition coefficient (Wildman–Crippen LogP) is 3.09. The Morgan fingerprint density at radius 2 is 2.09 bits per heavy atom. The molecule has 4 N–H and O–H groups in total. The number of hydrogen-bond acceptors (Lipinski definition) is 8. The van der Waals surface area contributed by atoms with Gasteiger partial charge in [0.1, 0.15) is 17.9 Å². The van der Waals surface area contributed by atoms with E-state index in [0.29, 0.717) is 35.3 Å². The Kier molecular flexibility index (Phi) is 6.94. The van der Waals surface area contributed by atoms with Gasteiger partial charge in [-0.1, -0.05) is 17.7 Å². The number of halogens is 2. The molecule has 2 heterocycles. The van der Waals surface area contributed by atoms with Crippen LogP contribution in [0.5, 0.6) is 5.75 Å². The summed E-state index contributed by atoms with van der Waals surface area (Å²) in [4.78, 5) is 39.2. The molecule has 1 aromatic heterocycles. The van der Waals surface area contributed by atoms with Crippen LogP contribution in [0.3, 0.4) is 0 Å². The Labute approximate surface area is 199 Å². The van der Waals surface area contributed by atoms with E-state index in [-0.39, 0.29) is 23.1 Å². The van der Waals surface area contributed by atoms with Crippen LogP contribution in [0, 0.1) is 5.82 Å². The minimum absolute atomic E-state index is 0.0432. The second kappa shape index (κ2) is 10.1. The maximum atomic E-state index is 14.4. The van der Waals surface area contributed by atoms with Crippen molar-refractivity contribution in [2.75, 3.05) is 32.1 Å². The first-order chi connectivity index (χ1) is 16.4. The molecular formula is C22H22ClFN6O4. The summed E-state index contributed by atoms with van der Waals surface area (Å²) in [6.45, 7) is 1.17. The molecule has 1 aliphatic heterocycles. The third-order valence-electron chi connectivity index (χ3n) is 5.47. The summed E-state index contributed by atoms with van der Waals surface area (Å²) >= 11 is 5.88. The van der Waals surface area contributed by atoms with Crippen molar-refractivity contribution in [2.24, 2.45) is 5.73 Å². The van der Waals surface area contributed by atoms with Crippen LogP contribution in [-0.2, 0) is 9.63 Å². The molecule has 1 aliphatic rings. The number of fused-ring (bicyclic) bond motifs is 1. The van der Waals surface area contributed by atoms with Gasteiger partial charge < -0.3 is 25.5 Å². The molecule has 10 nitrogen and oxygen atoms in total. The number of carbonyl (C=O) groups is 2. The number of rotatable bonds is 8. The molecule has 178 valence electrons. The van der Waals surface area contributed by atoms with Crippen molar-refractivity contribution in [3.05, 3.63) is 53.1 Å². The second-order valence-corrected chi connectivity index (χ2v) is 7.98. The van der Waals surface area contributed by atoms with Gasteiger partial charge in [-0.25, -0.2) is 19.2 Å². The van der Waals surface area contributed by atoms with Gasteiger partial charge in [-0.3, -0.25) is 4.79 Å². The standard InChI is InChI=1S/C22H22ClFN6O4/c1-33-18-9-17-13(21(27-11-26-17)29-16-5-2-4-15(23)19(16)24)8-12(18)14(20(25)31)10-28-34-22(32)30-6-3-7-30/h2,4-5,8-9,11,14,28H,3,6-7,10H2,1H3,(H2,25,31)(H,26,27,29). The molecule has 1 unspecified atom stereocenters. The average molecular weight is 489 g/mol. The Hall–Kier alpha value is -3.70. The maximum absolute atomic E-state index is 14.4. The third kappa shape index (κ3) is 4.80. The molecular weight excluding hydrogens is 467 g/mol. The Morgan fingerprint density at radius 1 is 1.29 bits per heavy atom. The highest BCUT2D eigenvalue weighted by Gasteiger charge is 2.26. The van der Waals surface area contributed by atoms with E-state index in [2.05, 4.69) is 20.8 Å². The molecule has 0 aliphatic carbocycles. The zero-order valence-corrected chi connectivity index (χ0v) is 18.9. The van der Waals surface area contributed by atoms with Crippen molar-refractivity contribution in [2.45, 2.75) is 12.3 Å². The van der Waals surface area contributed by atoms with E-state index in [4.69, 9.17) is 26.9 Å². The number of nitrogens with one attached hydrogen (secondary N) is 2. The number of hydroxylamine groups is 1. The van der Waals surface area contributed by atoms with Gasteiger partial charge in [-0.05, 0) is 24.6 Å². The molecule has 34 heavy (non-hydrogen) atoms. The largest absolute Gasteiger partial charge is 0.496 e. The summed E-state index contributed by atoms with van der Waals surface area (Å²) in [5.41, 5.74) is 9.20. The zero-order chi connectivity index (χ0) is 24.2. The summed E-state index contributed by atoms with van der Waals surface area (Å²) in [7, 11) is 1.45. The molecule has 0 saturated carbocycles. The number of primary amides is 1. The number of benzene rings is 2. The SMILES string of the molecule is COc1cc2ncnc(Nc3cccc(Cl)c3F)c2cc1C(CNOC(=O)N1CCC1)C(N)=O. The summed E-state index contributed by atoms with van der Waals surface area (Å²) in [6.07, 6.45) is 1.71. The highest BCUT2D eigenvalue weighted by molar-refractivity contribution is 6.31. The molecule has 0 radical (unpaired) electrons. The molecule has 4 rings (SSSR count). The molecule has 0 spiro atoms. The molecule has 1 atom stereocenters. The molecule has 2 aromatic carbocycles. The maximum Gasteiger partial charge on any atom is 0.428 e. The lowest BCUT2D eigenvalue weighted by atomic mass is 9.95. The lowest BCUT2D eigenvalue weighted by Gasteiger charge is -2.29. The number of carbonyl (C=O) groups excluding carboxylic acids is 2. The molecule has 3 aromatic rings. The summed E-state index contributed by atoms with van der Waals surface area (Å²) < 4.78 is 19.9. The lowest BCUT2D eigenvalue weighted by Crippen LogP contribution is -2.45. The van der Waals surface area contributed by atoms with E-state index in [1.165, 1.54) is 30.5 Å². The molecule has 1 fully saturated rings. The van der Waals surface area contributed by atoms with Crippen LogP contribution in [0.1, 0.15) is 17.9 Å². The molecule has 1 saturated heterocycles. The van der Waals surface area contributed by atoms with Gasteiger partial charge in [0.15, 0.2) is 5.82 Å². The number of nitrogens with zero attached hydrogens (tertiary/aromatic N) is 3. The van der Waals surface area contributed by atoms with Crippen LogP contribution in [-0.4, -0.2) is 53.6 Å². The highest BCUT2D eigenvalue weighted by Crippen LogP contribution is 2.34. The highest BCUT2D eigenvalue weighted by atomic mass is 35.5. The third-order valence-corrected chi connectivity index (χ3v) is 5.76. The fourth-order valence-electron chi connectivity index (χ4n) is 3.49. The minimum Gasteiger partial charge on any atom is -0.496 e. The van der Waals surface area contributed by atoms with E-state index in [1.807, 2.05) is 0 Å². The number of nitrogens with two attached hydrogens (primary N) is 1. The van der Waals surface area contributed by atoms with E-state index in [1.54, 1.807) is 18.2 Å². The monoisotopic (exact) mass is 488 g/mol. The van der Waals surface area contributed by atoms with E-state index >= 15 is 0 Å². The number of hydrogen-bond donors (Lipinski definition) is 3. The van der Waals surface area contributed by atoms with Crippen LogP contribution in [0.15, 0.2) is 36.7 Å². The van der Waals surface area contributed by atoms with Crippen LogP contribution in [0.2, 0.25) is 5.02 Å². The first-order valence-electron chi connectivity index (χ1n) is 10.4. The van der Waals surface area contributed by atoms with E-state index < -0.39 is 23.7 Å². The van der Waals surface area contributed by atoms with Crippen molar-refractivity contribution in [3.63, 3.8) is 0 Å². The number of likely N-dealkylation sites (tertiary alicyclic amines) is 1. The first kappa shape index (κ1) is 23.5. The Balaban J connectivity index is 1.66. The van der Waals surface area contributed by atoms with Gasteiger partial charge in [-0.15, -0.1) is 0 Å². The fraction of sp³-hybridized carbons (Fsp3) is 0.273. The van der Waals surface area contributed by atoms with Gasteiger partial charge >= 0.3 is 6.09 Å². The van der Waals surface area contributed by atoms with Crippen molar-refractivity contribution in [3.8, 4) is 5.75 Å². The van der Waals surface area contributed by atoms with E-state index in [9.17, 15) is 14.0 Å². The Bertz CT molecular complexity index is 1240. The Morgan fingerprint density at radius 3 is 2.76 bits per heavy atom. The van der Waals surface area contributed by atoms with Crippen LogP contribution in [0.4, 0.5) is 20.7 Å². The van der Waals surface area contributed by atoms with Crippen LogP contribution < -0.4 is 21.3 Å². The number of ether oxygens (including phenoxy) is 1. The van der Waals surface area contributed by atoms with Crippen LogP contribution in [0.25, 0.3) is 10.9 Å². The summed E-state index contributed by atoms with van der Waals surface area (Å²) in [6, 6.07) is 7.80. The predicted molar refractivity (Wildman–Crippen MR) is 123 cm³/mol. The lowest BCUT2D eigenvalue weighted by molar-refractivity contribution is -0.119. The number of anilines is 2. The fourth-order valence-corrected chi connectivity index (χ4v) is 3.67. The molecule has 0 bridgehead atoms. The number of methoxy groups -OCH3 is 1. The quantitative estimate of drug-likeness (QED) is 0.412. The van der Waals surface area contributed by atoms with Crippen molar-refractivity contribution in [1.82, 2.24) is 20.3 Å². The zero-order valence-electron chi connectivity index (χ0n) is 18.2. The topological polar surface area (TPSA) is 132 Å². The first-order valence-corrected chi connectivity index (χ1v) is 10.8. The van der Waals surface area contributed by atoms with Gasteiger partial charge in [0, 0.05) is 36.7 Å². The number of aromatic nitrogens is 2. The van der Waals surface area contributed by atoms with Gasteiger partial charge in [0.05, 0.1) is 29.3 Å². The normalized spacial score (nSPS) is 13.8. The van der Waals surface area contributed by atoms with E-state index in [0.717, 1.165) is 6.42 Å². The van der Waals surface area contributed by atoms with Crippen LogP contribution >= 0.6 is 11.6 Å². The van der Waals surface area contributed by atoms with Gasteiger partial charge in [0.25, 0.3) is 0 Å². The second-order valence-electron chi connectivity index (χ2n) is 7.57. The minimum atomic E-state index is -0.917. The summed E-state index contributed by atoms with van der Waals surface area (Å²) in [5, 5.41) is 3.36. The van der Waals surface area contributed by atoms with Crippen molar-refractivity contribution in [1.29, 1.82) is 0 Å². The molecule has 12 heteroatoms. The van der Waals surface area contributed by atoms with Gasteiger partial charge in [-0.2, -0.15) is 5.48 Å². The van der Waals surface area contributed by atoms with Crippen molar-refractivity contribution >= 4 is 46.0 Å². The summed E-state index contributed by atoms with van der Waals surface area (Å²) in [5.74, 6) is -1.58. The van der Waals surface area contributed by atoms with Gasteiger partial charge in [0.2, 0.25) is 5.91 Å². The number of amides is 2.